The van der Waals surface area contributed by atoms with Gasteiger partial charge >= 0.3 is 0 Å². The normalized spacial score (nSPS) is 11.5. The third-order valence-electron chi connectivity index (χ3n) is 2.32. The molecule has 0 saturated heterocycles. The fourth-order valence-corrected chi connectivity index (χ4v) is 3.85. The number of hydrogen-bond acceptors (Lipinski definition) is 6. The molecule has 0 atom stereocenters. The van der Waals surface area contributed by atoms with E-state index >= 15 is 0 Å². The smallest absolute Gasteiger partial charge is 0.223 e. The van der Waals surface area contributed by atoms with Crippen molar-refractivity contribution in [3.05, 3.63) is 29.2 Å². The van der Waals surface area contributed by atoms with E-state index in [0.29, 0.717) is 16.6 Å². The average molecular weight is 300 g/mol. The third-order valence-corrected chi connectivity index (χ3v) is 4.89. The second kappa shape index (κ2) is 5.14. The molecule has 0 saturated carbocycles. The van der Waals surface area contributed by atoms with Crippen LogP contribution in [0.3, 0.4) is 0 Å². The molecule has 0 fully saturated rings. The van der Waals surface area contributed by atoms with Gasteiger partial charge in [0.25, 0.3) is 0 Å². The van der Waals surface area contributed by atoms with E-state index in [2.05, 4.69) is 10.3 Å². The van der Waals surface area contributed by atoms with Crippen LogP contribution in [0.25, 0.3) is 0 Å². The van der Waals surface area contributed by atoms with Gasteiger partial charge in [0, 0.05) is 12.3 Å². The molecule has 0 aromatic carbocycles. The van der Waals surface area contributed by atoms with Gasteiger partial charge in [0.1, 0.15) is 10.7 Å². The van der Waals surface area contributed by atoms with Crippen LogP contribution in [0.4, 0.5) is 5.13 Å². The van der Waals surface area contributed by atoms with Crippen LogP contribution >= 0.6 is 11.3 Å². The van der Waals surface area contributed by atoms with E-state index in [9.17, 15) is 13.2 Å². The molecule has 0 aliphatic heterocycles. The van der Waals surface area contributed by atoms with Crippen LogP contribution in [0.1, 0.15) is 18.4 Å². The highest BCUT2D eigenvalue weighted by atomic mass is 32.2. The number of nitrogens with zero attached hydrogens (tertiary/aromatic N) is 1. The summed E-state index contributed by atoms with van der Waals surface area (Å²) in [6, 6.07) is 1.42. The Hall–Kier alpha value is -1.67. The molecule has 1 N–H and O–H groups in total. The highest BCUT2D eigenvalue weighted by molar-refractivity contribution is 7.90. The number of aryl methyl sites for hydroxylation is 1. The van der Waals surface area contributed by atoms with E-state index < -0.39 is 9.84 Å². The number of nitrogens with one attached hydrogen (secondary N) is 1. The van der Waals surface area contributed by atoms with E-state index in [4.69, 9.17) is 4.42 Å². The zero-order valence-corrected chi connectivity index (χ0v) is 12.0. The number of sulfone groups is 1. The summed E-state index contributed by atoms with van der Waals surface area (Å²) >= 11 is 1.19. The monoisotopic (exact) mass is 300 g/mol. The minimum Gasteiger partial charge on any atom is -0.468 e. The lowest BCUT2D eigenvalue weighted by Gasteiger charge is -2.00. The molecule has 2 aromatic rings. The van der Waals surface area contributed by atoms with Gasteiger partial charge in [-0.3, -0.25) is 4.79 Å². The minimum absolute atomic E-state index is 0.168. The van der Waals surface area contributed by atoms with Gasteiger partial charge in [-0.1, -0.05) is 0 Å². The highest BCUT2D eigenvalue weighted by Crippen LogP contribution is 2.23. The van der Waals surface area contributed by atoms with Crippen LogP contribution < -0.4 is 5.32 Å². The van der Waals surface area contributed by atoms with Crippen LogP contribution in [0.15, 0.2) is 27.0 Å². The van der Waals surface area contributed by atoms with Crippen LogP contribution in [0, 0.1) is 6.92 Å². The maximum absolute atomic E-state index is 12.1. The van der Waals surface area contributed by atoms with E-state index in [1.54, 1.807) is 12.3 Å². The summed E-state index contributed by atoms with van der Waals surface area (Å²) in [5.74, 6) is -0.101. The standard InChI is InChI=1S/C11H12N2O4S2/c1-7-10(3-4-17-7)19(15,16)6-9-5-18-11(13-9)12-8(2)14/h3-5H,6H2,1-2H3,(H,12,13,14). The number of aromatic nitrogens is 1. The molecular weight excluding hydrogens is 288 g/mol. The minimum atomic E-state index is -3.48. The number of anilines is 1. The Kier molecular flexibility index (Phi) is 3.72. The summed E-state index contributed by atoms with van der Waals surface area (Å²) in [5, 5.41) is 4.51. The first-order valence-corrected chi connectivity index (χ1v) is 7.90. The lowest BCUT2D eigenvalue weighted by Crippen LogP contribution is -2.07. The summed E-state index contributed by atoms with van der Waals surface area (Å²) in [7, 11) is -3.48. The maximum Gasteiger partial charge on any atom is 0.223 e. The van der Waals surface area contributed by atoms with Gasteiger partial charge in [-0.15, -0.1) is 11.3 Å². The number of hydrogen-bond donors (Lipinski definition) is 1. The lowest BCUT2D eigenvalue weighted by atomic mass is 10.5. The van der Waals surface area contributed by atoms with E-state index in [-0.39, 0.29) is 16.6 Å². The molecule has 0 spiro atoms. The Morgan fingerprint density at radius 3 is 2.84 bits per heavy atom. The number of furan rings is 1. The third kappa shape index (κ3) is 3.21. The molecule has 0 radical (unpaired) electrons. The van der Waals surface area contributed by atoms with Crippen molar-refractivity contribution in [3.8, 4) is 0 Å². The van der Waals surface area contributed by atoms with Crippen molar-refractivity contribution >= 4 is 32.2 Å². The Labute approximate surface area is 114 Å². The largest absolute Gasteiger partial charge is 0.468 e. The van der Waals surface area contributed by atoms with Crippen molar-refractivity contribution in [3.63, 3.8) is 0 Å². The number of carbonyl (C=O) groups is 1. The van der Waals surface area contributed by atoms with Gasteiger partial charge in [0.15, 0.2) is 15.0 Å². The zero-order valence-electron chi connectivity index (χ0n) is 10.3. The Bertz CT molecular complexity index is 700. The summed E-state index contributed by atoms with van der Waals surface area (Å²) in [6.45, 7) is 2.96. The van der Waals surface area contributed by atoms with E-state index in [1.807, 2.05) is 0 Å². The second-order valence-corrected chi connectivity index (χ2v) is 6.74. The molecule has 8 heteroatoms. The molecule has 2 aromatic heterocycles. The summed E-state index contributed by atoms with van der Waals surface area (Å²) in [5.41, 5.74) is 0.398. The van der Waals surface area contributed by atoms with Crippen molar-refractivity contribution in [1.29, 1.82) is 0 Å². The molecule has 19 heavy (non-hydrogen) atoms. The molecule has 0 bridgehead atoms. The van der Waals surface area contributed by atoms with Crippen LogP contribution in [-0.4, -0.2) is 19.3 Å². The number of carbonyl (C=O) groups excluding carboxylic acids is 1. The van der Waals surface area contributed by atoms with Gasteiger partial charge in [-0.05, 0) is 13.0 Å². The molecule has 102 valence electrons. The second-order valence-electron chi connectivity index (χ2n) is 3.93. The fraction of sp³-hybridized carbons (Fsp3) is 0.273. The van der Waals surface area contributed by atoms with E-state index in [0.717, 1.165) is 0 Å². The SMILES string of the molecule is CC(=O)Nc1nc(CS(=O)(=O)c2ccoc2C)cs1. The van der Waals surface area contributed by atoms with Gasteiger partial charge in [-0.2, -0.15) is 0 Å². The molecule has 2 heterocycles. The number of rotatable bonds is 4. The zero-order chi connectivity index (χ0) is 14.0. The number of thiazole rings is 1. The van der Waals surface area contributed by atoms with Gasteiger partial charge in [0.2, 0.25) is 5.91 Å². The van der Waals surface area contributed by atoms with Gasteiger partial charge in [0.05, 0.1) is 17.7 Å². The Balaban J connectivity index is 2.19. The molecular formula is C11H12N2O4S2. The molecule has 0 aliphatic rings. The summed E-state index contributed by atoms with van der Waals surface area (Å²) in [4.78, 5) is 15.1. The molecule has 0 unspecified atom stereocenters. The first-order valence-electron chi connectivity index (χ1n) is 5.37. The van der Waals surface area contributed by atoms with Crippen molar-refractivity contribution in [2.24, 2.45) is 0 Å². The summed E-state index contributed by atoms with van der Waals surface area (Å²) < 4.78 is 29.3. The number of amides is 1. The van der Waals surface area contributed by atoms with Crippen molar-refractivity contribution in [2.75, 3.05) is 5.32 Å². The van der Waals surface area contributed by atoms with Crippen LogP contribution in [0.2, 0.25) is 0 Å². The fourth-order valence-electron chi connectivity index (χ4n) is 1.55. The molecule has 2 rings (SSSR count). The highest BCUT2D eigenvalue weighted by Gasteiger charge is 2.21. The first-order chi connectivity index (χ1) is 8.88. The van der Waals surface area contributed by atoms with Crippen LogP contribution in [0.5, 0.6) is 0 Å². The predicted octanol–water partition coefficient (Wildman–Crippen LogP) is 1.98. The van der Waals surface area contributed by atoms with E-state index in [1.165, 1.54) is 30.6 Å². The maximum atomic E-state index is 12.1. The van der Waals surface area contributed by atoms with Gasteiger partial charge in [-0.25, -0.2) is 13.4 Å². The van der Waals surface area contributed by atoms with Gasteiger partial charge < -0.3 is 9.73 Å². The Morgan fingerprint density at radius 2 is 2.26 bits per heavy atom. The first kappa shape index (κ1) is 13.8. The van der Waals surface area contributed by atoms with Crippen molar-refractivity contribution in [2.45, 2.75) is 24.5 Å². The molecule has 0 aliphatic carbocycles. The quantitative estimate of drug-likeness (QED) is 0.932. The van der Waals surface area contributed by atoms with Crippen LogP contribution in [-0.2, 0) is 20.4 Å². The topological polar surface area (TPSA) is 89.3 Å². The van der Waals surface area contributed by atoms with Crippen molar-refractivity contribution in [1.82, 2.24) is 4.98 Å². The lowest BCUT2D eigenvalue weighted by molar-refractivity contribution is -0.114. The van der Waals surface area contributed by atoms with Crippen molar-refractivity contribution < 1.29 is 17.6 Å². The Morgan fingerprint density at radius 1 is 1.53 bits per heavy atom. The predicted molar refractivity (Wildman–Crippen MR) is 70.8 cm³/mol. The average Bonchev–Trinajstić information content (AvgIpc) is 2.86. The molecule has 1 amide bonds. The molecule has 6 nitrogen and oxygen atoms in total. The summed E-state index contributed by atoms with van der Waals surface area (Å²) in [6.07, 6.45) is 1.34.